The largest absolute Gasteiger partial charge is 0.465 e. The lowest BCUT2D eigenvalue weighted by Crippen LogP contribution is -2.57. The number of ether oxygens (including phenoxy) is 3. The molecule has 4 fully saturated rings. The van der Waals surface area contributed by atoms with Gasteiger partial charge in [0.25, 0.3) is 0 Å². The first-order valence-corrected chi connectivity index (χ1v) is 15.0. The number of aliphatic hydroxyl groups is 1. The molecule has 0 radical (unpaired) electrons. The highest BCUT2D eigenvalue weighted by Crippen LogP contribution is 2.60. The van der Waals surface area contributed by atoms with Gasteiger partial charge in [0.2, 0.25) is 11.8 Å². The fourth-order valence-corrected chi connectivity index (χ4v) is 7.46. The number of fused-ring (bicyclic) bond motifs is 1. The minimum absolute atomic E-state index is 0.000932. The molecule has 39 heavy (non-hydrogen) atoms. The number of carbonyl (C=O) groups is 3. The highest BCUT2D eigenvalue weighted by molar-refractivity contribution is 9.09. The number of esters is 1. The van der Waals surface area contributed by atoms with Crippen LogP contribution in [0.2, 0.25) is 0 Å². The molecule has 0 aromatic carbocycles. The number of aliphatic hydroxyl groups excluding tert-OH is 1. The van der Waals surface area contributed by atoms with Crippen LogP contribution in [0.3, 0.4) is 0 Å². The van der Waals surface area contributed by atoms with E-state index in [1.807, 2.05) is 0 Å². The number of carbonyl (C=O) groups excluding carboxylic acids is 3. The van der Waals surface area contributed by atoms with E-state index >= 15 is 0 Å². The van der Waals surface area contributed by atoms with Crippen LogP contribution in [-0.2, 0) is 28.6 Å². The number of hydrogen-bond donors (Lipinski definition) is 1. The molecule has 2 amide bonds. The monoisotopic (exact) mass is 611 g/mol. The zero-order valence-electron chi connectivity index (χ0n) is 22.7. The van der Waals surface area contributed by atoms with Gasteiger partial charge in [-0.2, -0.15) is 0 Å². The fourth-order valence-electron chi connectivity index (χ4n) is 6.52. The van der Waals surface area contributed by atoms with E-state index in [1.165, 1.54) is 0 Å². The average molecular weight is 613 g/mol. The van der Waals surface area contributed by atoms with E-state index in [4.69, 9.17) is 14.2 Å². The Bertz CT molecular complexity index is 914. The Balaban J connectivity index is 1.59. The molecule has 4 aliphatic heterocycles. The molecule has 3 unspecified atom stereocenters. The summed E-state index contributed by atoms with van der Waals surface area (Å²) in [6, 6.07) is -0.859. The lowest BCUT2D eigenvalue weighted by Gasteiger charge is -2.38. The minimum Gasteiger partial charge on any atom is -0.465 e. The molecule has 0 aromatic heterocycles. The van der Waals surface area contributed by atoms with E-state index < -0.39 is 35.6 Å². The van der Waals surface area contributed by atoms with Gasteiger partial charge >= 0.3 is 5.97 Å². The maximum absolute atomic E-state index is 14.3. The van der Waals surface area contributed by atoms with Gasteiger partial charge in [0.15, 0.2) is 0 Å². The Labute approximate surface area is 239 Å². The summed E-state index contributed by atoms with van der Waals surface area (Å²) in [6.45, 7) is 12.6. The lowest BCUT2D eigenvalue weighted by molar-refractivity contribution is -0.155. The van der Waals surface area contributed by atoms with E-state index in [1.54, 1.807) is 22.0 Å². The quantitative estimate of drug-likeness (QED) is 0.128. The number of amides is 2. The average Bonchev–Trinajstić information content (AvgIpc) is 3.52. The maximum atomic E-state index is 14.3. The third kappa shape index (κ3) is 6.12. The van der Waals surface area contributed by atoms with Crippen LogP contribution in [-0.4, -0.2) is 126 Å². The maximum Gasteiger partial charge on any atom is 0.312 e. The Morgan fingerprint density at radius 1 is 1.18 bits per heavy atom. The molecule has 11 heteroatoms. The second-order valence-electron chi connectivity index (χ2n) is 10.8. The number of unbranched alkanes of at least 4 members (excludes halogenated alkanes) is 2. The standard InChI is InChI=1S/C28H42BrN3O7/c1-3-5-8-16-38-27(36)21-22-25(34)32(10-6-7-15-33)24(28(22)19-20(29)23(21)39-28)26(35)31(9-4-2)12-11-30-13-17-37-18-14-30/h3-4,20-24,33H,1-2,5-19H2/t20?,21-,22-,23-,24?,28?/m0/s1. The van der Waals surface area contributed by atoms with Crippen molar-refractivity contribution in [3.05, 3.63) is 25.3 Å². The second-order valence-corrected chi connectivity index (χ2v) is 11.9. The summed E-state index contributed by atoms with van der Waals surface area (Å²) in [5.74, 6) is -2.45. The van der Waals surface area contributed by atoms with Crippen molar-refractivity contribution in [2.75, 3.05) is 65.7 Å². The van der Waals surface area contributed by atoms with E-state index in [-0.39, 0.29) is 29.9 Å². The Kier molecular flexibility index (Phi) is 10.6. The van der Waals surface area contributed by atoms with E-state index in [2.05, 4.69) is 34.0 Å². The third-order valence-electron chi connectivity index (χ3n) is 8.35. The minimum atomic E-state index is -1.12. The molecule has 4 aliphatic rings. The summed E-state index contributed by atoms with van der Waals surface area (Å²) in [7, 11) is 0. The number of likely N-dealkylation sites (tertiary alicyclic amines) is 1. The van der Waals surface area contributed by atoms with Crippen LogP contribution in [0.5, 0.6) is 0 Å². The summed E-state index contributed by atoms with van der Waals surface area (Å²) >= 11 is 3.69. The van der Waals surface area contributed by atoms with Crippen molar-refractivity contribution in [2.24, 2.45) is 11.8 Å². The van der Waals surface area contributed by atoms with Gasteiger partial charge in [0.05, 0.1) is 37.8 Å². The summed E-state index contributed by atoms with van der Waals surface area (Å²) in [6.07, 6.45) is 5.81. The molecule has 1 spiro atoms. The number of rotatable bonds is 15. The first-order valence-electron chi connectivity index (χ1n) is 14.1. The van der Waals surface area contributed by atoms with Gasteiger partial charge in [0, 0.05) is 50.7 Å². The zero-order valence-corrected chi connectivity index (χ0v) is 24.3. The van der Waals surface area contributed by atoms with Crippen LogP contribution in [0, 0.1) is 11.8 Å². The number of allylic oxidation sites excluding steroid dienone is 1. The smallest absolute Gasteiger partial charge is 0.312 e. The van der Waals surface area contributed by atoms with Crippen molar-refractivity contribution in [1.82, 2.24) is 14.7 Å². The molecule has 4 heterocycles. The normalized spacial score (nSPS) is 31.8. The number of alkyl halides is 1. The molecule has 4 saturated heterocycles. The van der Waals surface area contributed by atoms with Crippen LogP contribution in [0.1, 0.15) is 32.1 Å². The number of morpholine rings is 1. The molecule has 218 valence electrons. The molecule has 0 aromatic rings. The van der Waals surface area contributed by atoms with Crippen molar-refractivity contribution >= 4 is 33.7 Å². The number of halogens is 1. The summed E-state index contributed by atoms with van der Waals surface area (Å²) in [5, 5.41) is 9.37. The van der Waals surface area contributed by atoms with Gasteiger partial charge in [-0.05, 0) is 32.1 Å². The number of hydrogen-bond acceptors (Lipinski definition) is 8. The first kappa shape index (κ1) is 30.2. The SMILES string of the molecule is C=CCCCOC(=O)[C@H]1[C@H]2C(=O)N(CCCCO)C(C(=O)N(CC=C)CCN3CCOCC3)C23CC(Br)[C@@H]1O3. The Hall–Kier alpha value is -1.79. The van der Waals surface area contributed by atoms with Crippen LogP contribution in [0.15, 0.2) is 25.3 Å². The molecule has 0 aliphatic carbocycles. The van der Waals surface area contributed by atoms with Crippen molar-refractivity contribution < 1.29 is 33.7 Å². The lowest BCUT2D eigenvalue weighted by atomic mass is 9.70. The van der Waals surface area contributed by atoms with Crippen molar-refractivity contribution in [2.45, 2.75) is 54.7 Å². The third-order valence-corrected chi connectivity index (χ3v) is 9.20. The van der Waals surface area contributed by atoms with Gasteiger partial charge in [-0.1, -0.05) is 28.1 Å². The van der Waals surface area contributed by atoms with Gasteiger partial charge in [-0.3, -0.25) is 19.3 Å². The molecule has 6 atom stereocenters. The Morgan fingerprint density at radius 3 is 2.64 bits per heavy atom. The van der Waals surface area contributed by atoms with Crippen molar-refractivity contribution in [1.29, 1.82) is 0 Å². The Morgan fingerprint density at radius 2 is 1.95 bits per heavy atom. The number of nitrogens with zero attached hydrogens (tertiary/aromatic N) is 3. The molecule has 2 bridgehead atoms. The highest BCUT2D eigenvalue weighted by atomic mass is 79.9. The zero-order chi connectivity index (χ0) is 28.0. The fraction of sp³-hybridized carbons (Fsp3) is 0.750. The van der Waals surface area contributed by atoms with Crippen molar-refractivity contribution in [3.63, 3.8) is 0 Å². The molecule has 4 rings (SSSR count). The first-order chi connectivity index (χ1) is 18.9. The summed E-state index contributed by atoms with van der Waals surface area (Å²) in [4.78, 5) is 47.1. The summed E-state index contributed by atoms with van der Waals surface area (Å²) < 4.78 is 17.6. The molecule has 0 saturated carbocycles. The van der Waals surface area contributed by atoms with E-state index in [0.29, 0.717) is 65.1 Å². The summed E-state index contributed by atoms with van der Waals surface area (Å²) in [5.41, 5.74) is -1.12. The van der Waals surface area contributed by atoms with Gasteiger partial charge in [-0.25, -0.2) is 0 Å². The van der Waals surface area contributed by atoms with E-state index in [0.717, 1.165) is 19.5 Å². The highest BCUT2D eigenvalue weighted by Gasteiger charge is 2.77. The predicted octanol–water partition coefficient (Wildman–Crippen LogP) is 1.36. The molecule has 10 nitrogen and oxygen atoms in total. The van der Waals surface area contributed by atoms with Crippen LogP contribution in [0.4, 0.5) is 0 Å². The van der Waals surface area contributed by atoms with E-state index in [9.17, 15) is 19.5 Å². The topological polar surface area (TPSA) is 109 Å². The van der Waals surface area contributed by atoms with Gasteiger partial charge < -0.3 is 29.1 Å². The van der Waals surface area contributed by atoms with Gasteiger partial charge in [0.1, 0.15) is 11.6 Å². The van der Waals surface area contributed by atoms with Crippen molar-refractivity contribution in [3.8, 4) is 0 Å². The second kappa shape index (κ2) is 13.7. The van der Waals surface area contributed by atoms with Crippen LogP contribution >= 0.6 is 15.9 Å². The van der Waals surface area contributed by atoms with Crippen LogP contribution in [0.25, 0.3) is 0 Å². The van der Waals surface area contributed by atoms with Gasteiger partial charge in [-0.15, -0.1) is 13.2 Å². The molecular formula is C28H42BrN3O7. The van der Waals surface area contributed by atoms with Crippen LogP contribution < -0.4 is 0 Å². The molecule has 1 N–H and O–H groups in total. The predicted molar refractivity (Wildman–Crippen MR) is 148 cm³/mol. The molecular weight excluding hydrogens is 570 g/mol.